The summed E-state index contributed by atoms with van der Waals surface area (Å²) in [6, 6.07) is 6.87. The van der Waals surface area contributed by atoms with E-state index in [1.807, 2.05) is 13.8 Å². The summed E-state index contributed by atoms with van der Waals surface area (Å²) in [5.41, 5.74) is 13.1. The second-order valence-corrected chi connectivity index (χ2v) is 6.62. The van der Waals surface area contributed by atoms with Crippen LogP contribution in [0.15, 0.2) is 24.3 Å². The molecule has 0 aliphatic rings. The quantitative estimate of drug-likeness (QED) is 0.540. The second-order valence-electron chi connectivity index (χ2n) is 6.62. The lowest BCUT2D eigenvalue weighted by atomic mass is 10.0. The number of aliphatic carboxylic acids is 2. The van der Waals surface area contributed by atoms with Gasteiger partial charge in [-0.05, 0) is 42.7 Å². The van der Waals surface area contributed by atoms with Crippen LogP contribution in [0.25, 0.3) is 0 Å². The number of hydrogen-bond donors (Lipinski definition) is 4. The molecule has 0 amide bonds. The van der Waals surface area contributed by atoms with Gasteiger partial charge in [0.15, 0.2) is 0 Å². The Kier molecular flexibility index (Phi) is 11.5. The summed E-state index contributed by atoms with van der Waals surface area (Å²) in [6.07, 6.45) is 4.00. The van der Waals surface area contributed by atoms with E-state index in [-0.39, 0.29) is 0 Å². The summed E-state index contributed by atoms with van der Waals surface area (Å²) in [7, 11) is 0. The van der Waals surface area contributed by atoms with Crippen LogP contribution in [0.2, 0.25) is 0 Å². The van der Waals surface area contributed by atoms with Crippen LogP contribution in [-0.2, 0) is 22.4 Å². The van der Waals surface area contributed by atoms with E-state index in [2.05, 4.69) is 31.2 Å². The maximum atomic E-state index is 10.5. The van der Waals surface area contributed by atoms with Gasteiger partial charge in [0.2, 0.25) is 0 Å². The molecule has 2 atom stereocenters. The Hall–Kier alpha value is -1.92. The SMILES string of the molecule is CC(C)C[C@H](N)C(=O)O.CCCc1ccc(CCC(N)C(=O)O)cc1. The van der Waals surface area contributed by atoms with Crippen molar-refractivity contribution in [2.24, 2.45) is 17.4 Å². The molecule has 0 saturated carbocycles. The fourth-order valence-corrected chi connectivity index (χ4v) is 2.22. The average molecular weight is 352 g/mol. The maximum Gasteiger partial charge on any atom is 0.320 e. The van der Waals surface area contributed by atoms with Crippen molar-refractivity contribution in [3.05, 3.63) is 35.4 Å². The molecule has 0 spiro atoms. The topological polar surface area (TPSA) is 127 Å². The number of rotatable bonds is 9. The number of carboxylic acid groups (broad SMARTS) is 2. The molecule has 0 aromatic heterocycles. The second kappa shape index (κ2) is 12.4. The van der Waals surface area contributed by atoms with Crippen molar-refractivity contribution in [1.82, 2.24) is 0 Å². The number of benzene rings is 1. The first-order valence-electron chi connectivity index (χ1n) is 8.71. The Morgan fingerprint density at radius 2 is 1.36 bits per heavy atom. The van der Waals surface area contributed by atoms with Gasteiger partial charge >= 0.3 is 11.9 Å². The highest BCUT2D eigenvalue weighted by atomic mass is 16.4. The predicted octanol–water partition coefficient (Wildman–Crippen LogP) is 2.43. The molecule has 6 N–H and O–H groups in total. The summed E-state index contributed by atoms with van der Waals surface area (Å²) in [6.45, 7) is 6.05. The summed E-state index contributed by atoms with van der Waals surface area (Å²) in [4.78, 5) is 20.6. The Morgan fingerprint density at radius 1 is 0.920 bits per heavy atom. The number of hydrogen-bond acceptors (Lipinski definition) is 4. The minimum atomic E-state index is -0.928. The van der Waals surface area contributed by atoms with E-state index in [4.69, 9.17) is 21.7 Å². The average Bonchev–Trinajstić information content (AvgIpc) is 2.54. The summed E-state index contributed by atoms with van der Waals surface area (Å²) in [5.74, 6) is -1.48. The van der Waals surface area contributed by atoms with Gasteiger partial charge in [-0.3, -0.25) is 9.59 Å². The first-order valence-corrected chi connectivity index (χ1v) is 8.71. The third kappa shape index (κ3) is 11.3. The van der Waals surface area contributed by atoms with Crippen molar-refractivity contribution >= 4 is 11.9 Å². The minimum absolute atomic E-state index is 0.357. The number of carbonyl (C=O) groups is 2. The zero-order chi connectivity index (χ0) is 19.4. The van der Waals surface area contributed by atoms with E-state index >= 15 is 0 Å². The standard InChI is InChI=1S/C13H19NO2.C6H13NO2/c1-2-3-10-4-6-11(7-5-10)8-9-12(14)13(15)16;1-4(2)3-5(7)6(8)9/h4-7,12H,2-3,8-9,14H2,1H3,(H,15,16);4-5H,3,7H2,1-2H3,(H,8,9)/t;5-/m.0/s1. The fourth-order valence-electron chi connectivity index (χ4n) is 2.22. The Morgan fingerprint density at radius 3 is 1.68 bits per heavy atom. The van der Waals surface area contributed by atoms with Crippen LogP contribution in [0.4, 0.5) is 0 Å². The van der Waals surface area contributed by atoms with Gasteiger partial charge in [0, 0.05) is 0 Å². The normalized spacial score (nSPS) is 12.9. The molecule has 0 saturated heterocycles. The van der Waals surface area contributed by atoms with Crippen molar-refractivity contribution in [2.45, 2.75) is 65.0 Å². The van der Waals surface area contributed by atoms with Crippen LogP contribution in [0.3, 0.4) is 0 Å². The molecule has 0 aliphatic carbocycles. The van der Waals surface area contributed by atoms with Crippen molar-refractivity contribution < 1.29 is 19.8 Å². The van der Waals surface area contributed by atoms with E-state index in [1.165, 1.54) is 5.56 Å². The van der Waals surface area contributed by atoms with E-state index in [1.54, 1.807) is 0 Å². The Bertz CT molecular complexity index is 515. The molecule has 1 rings (SSSR count). The van der Waals surface area contributed by atoms with Gasteiger partial charge in [0.25, 0.3) is 0 Å². The minimum Gasteiger partial charge on any atom is -0.480 e. The van der Waals surface area contributed by atoms with Crippen LogP contribution in [0, 0.1) is 5.92 Å². The van der Waals surface area contributed by atoms with Crippen LogP contribution in [0.1, 0.15) is 51.2 Å². The van der Waals surface area contributed by atoms with E-state index in [0.717, 1.165) is 24.8 Å². The molecular formula is C19H32N2O4. The highest BCUT2D eigenvalue weighted by molar-refractivity contribution is 5.73. The number of aryl methyl sites for hydroxylation is 2. The molecule has 1 unspecified atom stereocenters. The molecule has 0 fully saturated rings. The van der Waals surface area contributed by atoms with Gasteiger partial charge in [0.05, 0.1) is 0 Å². The highest BCUT2D eigenvalue weighted by Gasteiger charge is 2.12. The van der Waals surface area contributed by atoms with Crippen LogP contribution < -0.4 is 11.5 Å². The first kappa shape index (κ1) is 23.1. The zero-order valence-electron chi connectivity index (χ0n) is 15.4. The largest absolute Gasteiger partial charge is 0.480 e. The lowest BCUT2D eigenvalue weighted by Gasteiger charge is -2.07. The Labute approximate surface area is 150 Å². The van der Waals surface area contributed by atoms with Gasteiger partial charge in [-0.15, -0.1) is 0 Å². The van der Waals surface area contributed by atoms with E-state index in [9.17, 15) is 9.59 Å². The van der Waals surface area contributed by atoms with Gasteiger partial charge in [-0.25, -0.2) is 0 Å². The summed E-state index contributed by atoms with van der Waals surface area (Å²) in [5, 5.41) is 17.0. The van der Waals surface area contributed by atoms with E-state index < -0.39 is 24.0 Å². The van der Waals surface area contributed by atoms with Crippen molar-refractivity contribution in [1.29, 1.82) is 0 Å². The lowest BCUT2D eigenvalue weighted by molar-refractivity contribution is -0.139. The van der Waals surface area contributed by atoms with Crippen molar-refractivity contribution in [2.75, 3.05) is 0 Å². The molecule has 0 bridgehead atoms. The highest BCUT2D eigenvalue weighted by Crippen LogP contribution is 2.09. The molecule has 1 aromatic carbocycles. The molecule has 142 valence electrons. The molecule has 25 heavy (non-hydrogen) atoms. The molecule has 6 nitrogen and oxygen atoms in total. The molecule has 0 heterocycles. The van der Waals surface area contributed by atoms with Gasteiger partial charge < -0.3 is 21.7 Å². The molecule has 1 aromatic rings. The van der Waals surface area contributed by atoms with Crippen LogP contribution in [0.5, 0.6) is 0 Å². The third-order valence-corrected chi connectivity index (χ3v) is 3.67. The maximum absolute atomic E-state index is 10.5. The monoisotopic (exact) mass is 352 g/mol. The molecule has 0 aliphatic heterocycles. The smallest absolute Gasteiger partial charge is 0.320 e. The third-order valence-electron chi connectivity index (χ3n) is 3.67. The van der Waals surface area contributed by atoms with Crippen LogP contribution >= 0.6 is 0 Å². The Balaban J connectivity index is 0.000000547. The zero-order valence-corrected chi connectivity index (χ0v) is 15.4. The molecular weight excluding hydrogens is 320 g/mol. The molecule has 0 radical (unpaired) electrons. The fraction of sp³-hybridized carbons (Fsp3) is 0.579. The van der Waals surface area contributed by atoms with Crippen LogP contribution in [-0.4, -0.2) is 34.2 Å². The first-order chi connectivity index (χ1) is 11.7. The van der Waals surface area contributed by atoms with Gasteiger partial charge in [-0.1, -0.05) is 51.5 Å². The number of carboxylic acids is 2. The summed E-state index contributed by atoms with van der Waals surface area (Å²) >= 11 is 0. The molecule has 6 heteroatoms. The van der Waals surface area contributed by atoms with E-state index in [0.29, 0.717) is 18.8 Å². The van der Waals surface area contributed by atoms with Gasteiger partial charge in [-0.2, -0.15) is 0 Å². The van der Waals surface area contributed by atoms with Crippen molar-refractivity contribution in [3.63, 3.8) is 0 Å². The van der Waals surface area contributed by atoms with Gasteiger partial charge in [0.1, 0.15) is 12.1 Å². The number of nitrogens with two attached hydrogens (primary N) is 2. The predicted molar refractivity (Wildman–Crippen MR) is 99.4 cm³/mol. The summed E-state index contributed by atoms with van der Waals surface area (Å²) < 4.78 is 0. The lowest BCUT2D eigenvalue weighted by Crippen LogP contribution is -2.31. The van der Waals surface area contributed by atoms with Crippen molar-refractivity contribution in [3.8, 4) is 0 Å².